The highest BCUT2D eigenvalue weighted by Crippen LogP contribution is 2.21. The number of nitrogens with zero attached hydrogens (tertiary/aromatic N) is 1. The van der Waals surface area contributed by atoms with Crippen LogP contribution in [0.4, 0.5) is 4.39 Å². The van der Waals surface area contributed by atoms with E-state index in [1.807, 2.05) is 20.8 Å². The molecule has 5 heteroatoms. The van der Waals surface area contributed by atoms with E-state index in [9.17, 15) is 14.3 Å². The van der Waals surface area contributed by atoms with Gasteiger partial charge >= 0.3 is 0 Å². The molecule has 0 aliphatic carbocycles. The summed E-state index contributed by atoms with van der Waals surface area (Å²) in [7, 11) is 0. The second kappa shape index (κ2) is 8.12. The van der Waals surface area contributed by atoms with Crippen molar-refractivity contribution in [2.24, 2.45) is 0 Å². The van der Waals surface area contributed by atoms with Gasteiger partial charge in [0.1, 0.15) is 11.6 Å². The molecule has 134 valence electrons. The number of ether oxygens (including phenoxy) is 1. The van der Waals surface area contributed by atoms with Crippen LogP contribution in [0.25, 0.3) is 0 Å². The zero-order valence-electron chi connectivity index (χ0n) is 14.8. The summed E-state index contributed by atoms with van der Waals surface area (Å²) in [5, 5.41) is 9.33. The van der Waals surface area contributed by atoms with Crippen LogP contribution in [0, 0.1) is 5.82 Å². The molecule has 0 saturated carbocycles. The zero-order valence-corrected chi connectivity index (χ0v) is 14.8. The van der Waals surface area contributed by atoms with Crippen LogP contribution in [0.5, 0.6) is 5.75 Å². The van der Waals surface area contributed by atoms with Crippen LogP contribution >= 0.6 is 0 Å². The monoisotopic (exact) mass is 345 g/mol. The number of rotatable bonds is 6. The third-order valence-corrected chi connectivity index (χ3v) is 3.83. The second-order valence-corrected chi connectivity index (χ2v) is 6.84. The lowest BCUT2D eigenvalue weighted by Gasteiger charge is -2.36. The Morgan fingerprint density at radius 1 is 1.16 bits per heavy atom. The Hall–Kier alpha value is -2.40. The standard InChI is InChI=1S/C20H24FNO3/c1-20(2,3)22(12-15-7-6-9-17(21)11-15)19(24)14-25-18-10-5-4-8-16(18)13-23/h4-11,23H,12-14H2,1-3H3. The van der Waals surface area contributed by atoms with Gasteiger partial charge in [0.05, 0.1) is 6.61 Å². The molecular formula is C20H24FNO3. The van der Waals surface area contributed by atoms with Crippen molar-refractivity contribution in [1.29, 1.82) is 0 Å². The first-order valence-electron chi connectivity index (χ1n) is 8.17. The van der Waals surface area contributed by atoms with Crippen LogP contribution in [0.1, 0.15) is 31.9 Å². The number of hydrogen-bond donors (Lipinski definition) is 1. The lowest BCUT2D eigenvalue weighted by atomic mass is 10.0. The largest absolute Gasteiger partial charge is 0.483 e. The topological polar surface area (TPSA) is 49.8 Å². The number of para-hydroxylation sites is 1. The molecule has 0 fully saturated rings. The summed E-state index contributed by atoms with van der Waals surface area (Å²) in [6.45, 7) is 5.76. The molecule has 0 spiro atoms. The summed E-state index contributed by atoms with van der Waals surface area (Å²) in [4.78, 5) is 14.4. The van der Waals surface area contributed by atoms with E-state index in [0.29, 0.717) is 17.9 Å². The van der Waals surface area contributed by atoms with Gasteiger partial charge in [-0.25, -0.2) is 4.39 Å². The predicted molar refractivity (Wildman–Crippen MR) is 94.6 cm³/mol. The number of amides is 1. The lowest BCUT2D eigenvalue weighted by Crippen LogP contribution is -2.47. The van der Waals surface area contributed by atoms with Crippen molar-refractivity contribution in [1.82, 2.24) is 4.90 Å². The average Bonchev–Trinajstić information content (AvgIpc) is 2.57. The molecule has 0 saturated heterocycles. The minimum absolute atomic E-state index is 0.149. The Bertz CT molecular complexity index is 725. The Morgan fingerprint density at radius 2 is 1.88 bits per heavy atom. The molecule has 0 aliphatic heterocycles. The van der Waals surface area contributed by atoms with E-state index >= 15 is 0 Å². The first-order valence-corrected chi connectivity index (χ1v) is 8.17. The van der Waals surface area contributed by atoms with Crippen LogP contribution < -0.4 is 4.74 Å². The van der Waals surface area contributed by atoms with E-state index in [4.69, 9.17) is 4.74 Å². The normalized spacial score (nSPS) is 11.2. The van der Waals surface area contributed by atoms with E-state index in [2.05, 4.69) is 0 Å². The molecule has 1 N–H and O–H groups in total. The van der Waals surface area contributed by atoms with E-state index in [0.717, 1.165) is 5.56 Å². The van der Waals surface area contributed by atoms with Gasteiger partial charge in [-0.1, -0.05) is 30.3 Å². The highest BCUT2D eigenvalue weighted by atomic mass is 19.1. The summed E-state index contributed by atoms with van der Waals surface area (Å²) < 4.78 is 19.0. The van der Waals surface area contributed by atoms with Crippen LogP contribution in [0.3, 0.4) is 0 Å². The molecule has 0 radical (unpaired) electrons. The van der Waals surface area contributed by atoms with Crippen LogP contribution in [-0.4, -0.2) is 28.1 Å². The number of aliphatic hydroxyl groups is 1. The van der Waals surface area contributed by atoms with Crippen molar-refractivity contribution >= 4 is 5.91 Å². The Balaban J connectivity index is 2.11. The van der Waals surface area contributed by atoms with E-state index in [-0.39, 0.29) is 24.9 Å². The van der Waals surface area contributed by atoms with Gasteiger partial charge in [0, 0.05) is 17.6 Å². The molecule has 2 aromatic rings. The molecular weight excluding hydrogens is 321 g/mol. The molecule has 0 bridgehead atoms. The number of halogens is 1. The fourth-order valence-corrected chi connectivity index (χ4v) is 2.51. The average molecular weight is 345 g/mol. The van der Waals surface area contributed by atoms with Gasteiger partial charge < -0.3 is 14.7 Å². The first kappa shape index (κ1) is 18.9. The lowest BCUT2D eigenvalue weighted by molar-refractivity contribution is -0.139. The van der Waals surface area contributed by atoms with Gasteiger partial charge in [0.2, 0.25) is 0 Å². The number of hydrogen-bond acceptors (Lipinski definition) is 3. The van der Waals surface area contributed by atoms with Crippen molar-refractivity contribution in [3.05, 3.63) is 65.5 Å². The Labute approximate surface area is 147 Å². The van der Waals surface area contributed by atoms with Gasteiger partial charge in [-0.3, -0.25) is 4.79 Å². The summed E-state index contributed by atoms with van der Waals surface area (Å²) in [5.41, 5.74) is 0.908. The molecule has 0 aliphatic rings. The number of aliphatic hydroxyl groups excluding tert-OH is 1. The maximum atomic E-state index is 13.4. The molecule has 1 amide bonds. The summed E-state index contributed by atoms with van der Waals surface area (Å²) in [6.07, 6.45) is 0. The van der Waals surface area contributed by atoms with Crippen molar-refractivity contribution < 1.29 is 19.0 Å². The Kier molecular flexibility index (Phi) is 6.15. The fourth-order valence-electron chi connectivity index (χ4n) is 2.51. The van der Waals surface area contributed by atoms with Gasteiger partial charge in [0.25, 0.3) is 5.91 Å². The first-order chi connectivity index (χ1) is 11.8. The van der Waals surface area contributed by atoms with Gasteiger partial charge in [-0.2, -0.15) is 0 Å². The Morgan fingerprint density at radius 3 is 2.52 bits per heavy atom. The van der Waals surface area contributed by atoms with Gasteiger partial charge in [-0.05, 0) is 44.5 Å². The number of carbonyl (C=O) groups is 1. The van der Waals surface area contributed by atoms with E-state index < -0.39 is 5.54 Å². The third kappa shape index (κ3) is 5.29. The molecule has 0 heterocycles. The molecule has 0 atom stereocenters. The highest BCUT2D eigenvalue weighted by molar-refractivity contribution is 5.78. The molecule has 2 rings (SSSR count). The predicted octanol–water partition coefficient (Wildman–Crippen LogP) is 3.52. The molecule has 0 unspecified atom stereocenters. The van der Waals surface area contributed by atoms with Gasteiger partial charge in [-0.15, -0.1) is 0 Å². The summed E-state index contributed by atoms with van der Waals surface area (Å²) in [5.74, 6) is -0.0469. The quantitative estimate of drug-likeness (QED) is 0.871. The smallest absolute Gasteiger partial charge is 0.261 e. The summed E-state index contributed by atoms with van der Waals surface area (Å²) in [6, 6.07) is 13.3. The fraction of sp³-hybridized carbons (Fsp3) is 0.350. The van der Waals surface area contributed by atoms with E-state index in [1.54, 1.807) is 41.3 Å². The van der Waals surface area contributed by atoms with Crippen LogP contribution in [0.2, 0.25) is 0 Å². The molecule has 4 nitrogen and oxygen atoms in total. The molecule has 2 aromatic carbocycles. The maximum absolute atomic E-state index is 13.4. The van der Waals surface area contributed by atoms with Crippen molar-refractivity contribution in [3.63, 3.8) is 0 Å². The minimum atomic E-state index is -0.441. The molecule has 0 aromatic heterocycles. The van der Waals surface area contributed by atoms with Crippen molar-refractivity contribution in [2.75, 3.05) is 6.61 Å². The summed E-state index contributed by atoms with van der Waals surface area (Å²) >= 11 is 0. The van der Waals surface area contributed by atoms with Crippen LogP contribution in [-0.2, 0) is 17.9 Å². The minimum Gasteiger partial charge on any atom is -0.483 e. The third-order valence-electron chi connectivity index (χ3n) is 3.83. The van der Waals surface area contributed by atoms with Crippen molar-refractivity contribution in [3.8, 4) is 5.75 Å². The van der Waals surface area contributed by atoms with Crippen LogP contribution in [0.15, 0.2) is 48.5 Å². The number of carbonyl (C=O) groups excluding carboxylic acids is 1. The van der Waals surface area contributed by atoms with Crippen molar-refractivity contribution in [2.45, 2.75) is 39.5 Å². The maximum Gasteiger partial charge on any atom is 0.261 e. The SMILES string of the molecule is CC(C)(C)N(Cc1cccc(F)c1)C(=O)COc1ccccc1CO. The number of benzene rings is 2. The van der Waals surface area contributed by atoms with E-state index in [1.165, 1.54) is 12.1 Å². The highest BCUT2D eigenvalue weighted by Gasteiger charge is 2.27. The van der Waals surface area contributed by atoms with Gasteiger partial charge in [0.15, 0.2) is 6.61 Å². The second-order valence-electron chi connectivity index (χ2n) is 6.84. The zero-order chi connectivity index (χ0) is 18.4. The molecule has 25 heavy (non-hydrogen) atoms.